The maximum absolute atomic E-state index is 13.6. The predicted octanol–water partition coefficient (Wildman–Crippen LogP) is 3.87. The Morgan fingerprint density at radius 1 is 0.625 bits per heavy atom. The van der Waals surface area contributed by atoms with Gasteiger partial charge in [0.05, 0.1) is 0 Å². The first-order valence-corrected chi connectivity index (χ1v) is 10.7. The van der Waals surface area contributed by atoms with Crippen LogP contribution in [-0.4, -0.2) is 53.3 Å². The molecule has 0 atom stereocenters. The van der Waals surface area contributed by atoms with Crippen molar-refractivity contribution in [2.75, 3.05) is 39.3 Å². The van der Waals surface area contributed by atoms with Crippen LogP contribution in [0.15, 0.2) is 30.3 Å². The monoisotopic (exact) mass is 392 g/mol. The van der Waals surface area contributed by atoms with Crippen LogP contribution in [0.4, 0.5) is 0 Å². The molecule has 4 nitrogen and oxygen atoms in total. The van der Waals surface area contributed by atoms with Gasteiger partial charge in [0.15, 0.2) is 0 Å². The molecule has 0 aromatic heterocycles. The van der Waals surface area contributed by atoms with Crippen molar-refractivity contribution in [2.24, 2.45) is 0 Å². The molecule has 0 radical (unpaired) electrons. The second kappa shape index (κ2) is 10.1. The van der Waals surface area contributed by atoms with E-state index >= 15 is 0 Å². The molecule has 0 aliphatic carbocycles. The maximum Gasteiger partial charge on any atom is 2.00 e. The molecule has 0 spiro atoms. The Kier molecular flexibility index (Phi) is 8.47. The SMILES string of the molecule is O=P(N1CCCC1)(N1CCCC1)N1CCCC1.[Ni+2].[c-]1ccccc1. The van der Waals surface area contributed by atoms with E-state index < -0.39 is 7.59 Å². The Hall–Kier alpha value is -0.176. The number of rotatable bonds is 3. The van der Waals surface area contributed by atoms with Crippen LogP contribution in [0.25, 0.3) is 0 Å². The fraction of sp³-hybridized carbons (Fsp3) is 0.667. The van der Waals surface area contributed by atoms with E-state index in [1.54, 1.807) is 0 Å². The molecule has 4 rings (SSSR count). The molecule has 1 aromatic rings. The van der Waals surface area contributed by atoms with Gasteiger partial charge in [-0.2, -0.15) is 36.4 Å². The smallest absolute Gasteiger partial charge is 0.270 e. The summed E-state index contributed by atoms with van der Waals surface area (Å²) in [6.45, 7) is 6.28. The van der Waals surface area contributed by atoms with Crippen LogP contribution < -0.4 is 0 Å². The molecule has 0 amide bonds. The van der Waals surface area contributed by atoms with Gasteiger partial charge < -0.3 is 0 Å². The first-order valence-electron chi connectivity index (χ1n) is 9.09. The van der Waals surface area contributed by atoms with Crippen molar-refractivity contribution >= 4 is 7.59 Å². The summed E-state index contributed by atoms with van der Waals surface area (Å²) in [4.78, 5) is 0. The van der Waals surface area contributed by atoms with E-state index in [9.17, 15) is 4.57 Å². The third kappa shape index (κ3) is 4.71. The number of hydrogen-bond acceptors (Lipinski definition) is 1. The van der Waals surface area contributed by atoms with Gasteiger partial charge in [0.2, 0.25) is 0 Å². The second-order valence-electron chi connectivity index (χ2n) is 6.57. The van der Waals surface area contributed by atoms with Gasteiger partial charge in [0.25, 0.3) is 7.59 Å². The van der Waals surface area contributed by atoms with Gasteiger partial charge in [-0.25, -0.2) is 14.0 Å². The minimum Gasteiger partial charge on any atom is -0.270 e. The summed E-state index contributed by atoms with van der Waals surface area (Å²) in [6.07, 6.45) is 7.37. The summed E-state index contributed by atoms with van der Waals surface area (Å²) < 4.78 is 20.5. The molecular formula is C18H29N3NiOP+. The minimum absolute atomic E-state index is 0. The van der Waals surface area contributed by atoms with Crippen molar-refractivity contribution in [1.29, 1.82) is 0 Å². The van der Waals surface area contributed by atoms with Gasteiger partial charge in [0, 0.05) is 39.3 Å². The molecule has 3 heterocycles. The molecular weight excluding hydrogens is 364 g/mol. The molecule has 0 bridgehead atoms. The number of benzene rings is 1. The minimum atomic E-state index is -2.36. The Morgan fingerprint density at radius 3 is 1.17 bits per heavy atom. The van der Waals surface area contributed by atoms with Gasteiger partial charge in [-0.05, 0) is 38.5 Å². The third-order valence-corrected chi connectivity index (χ3v) is 8.37. The molecule has 3 fully saturated rings. The van der Waals surface area contributed by atoms with Crippen molar-refractivity contribution in [1.82, 2.24) is 14.0 Å². The Morgan fingerprint density at radius 2 is 0.958 bits per heavy atom. The summed E-state index contributed by atoms with van der Waals surface area (Å²) in [7, 11) is -2.36. The molecule has 0 saturated carbocycles. The molecule has 24 heavy (non-hydrogen) atoms. The van der Waals surface area contributed by atoms with E-state index in [1.807, 2.05) is 30.3 Å². The molecule has 3 aliphatic heterocycles. The van der Waals surface area contributed by atoms with Crippen LogP contribution in [0.5, 0.6) is 0 Å². The molecule has 0 N–H and O–H groups in total. The quantitative estimate of drug-likeness (QED) is 0.443. The summed E-state index contributed by atoms with van der Waals surface area (Å²) in [5, 5.41) is 0. The standard InChI is InChI=1S/C12H24N3OP.C6H5.Ni/c16-17(13-7-1-2-8-13,14-9-3-4-10-14)15-11-5-6-12-15;1-2-4-6-5-3-1;/h1-12H2;1-5H;/q;-1;+2. The first kappa shape index (κ1) is 20.1. The van der Waals surface area contributed by atoms with Gasteiger partial charge in [-0.3, -0.25) is 4.57 Å². The molecule has 136 valence electrons. The van der Waals surface area contributed by atoms with Crippen LogP contribution in [0, 0.1) is 6.07 Å². The van der Waals surface area contributed by atoms with E-state index in [0.29, 0.717) is 0 Å². The maximum atomic E-state index is 13.6. The van der Waals surface area contributed by atoms with Crippen LogP contribution in [0.1, 0.15) is 38.5 Å². The van der Waals surface area contributed by atoms with E-state index in [2.05, 4.69) is 20.1 Å². The fourth-order valence-corrected chi connectivity index (χ4v) is 7.25. The van der Waals surface area contributed by atoms with E-state index in [1.165, 1.54) is 38.5 Å². The zero-order chi connectivity index (χ0) is 16.0. The van der Waals surface area contributed by atoms with Crippen molar-refractivity contribution in [2.45, 2.75) is 38.5 Å². The average molecular weight is 393 g/mol. The van der Waals surface area contributed by atoms with E-state index in [4.69, 9.17) is 0 Å². The van der Waals surface area contributed by atoms with Crippen LogP contribution >= 0.6 is 7.59 Å². The second-order valence-corrected chi connectivity index (χ2v) is 9.30. The van der Waals surface area contributed by atoms with E-state index in [-0.39, 0.29) is 16.5 Å². The Balaban J connectivity index is 0.000000254. The van der Waals surface area contributed by atoms with Gasteiger partial charge in [0.1, 0.15) is 0 Å². The van der Waals surface area contributed by atoms with Crippen LogP contribution in [0.2, 0.25) is 0 Å². The molecule has 1 aromatic carbocycles. The average Bonchev–Trinajstić information content (AvgIpc) is 3.40. The van der Waals surface area contributed by atoms with Gasteiger partial charge in [-0.1, -0.05) is 0 Å². The van der Waals surface area contributed by atoms with Gasteiger partial charge >= 0.3 is 16.5 Å². The Bertz CT molecular complexity index is 424. The first-order chi connectivity index (χ1) is 11.3. The third-order valence-electron chi connectivity index (χ3n) is 4.96. The summed E-state index contributed by atoms with van der Waals surface area (Å²) in [5.74, 6) is 0. The summed E-state index contributed by atoms with van der Waals surface area (Å²) >= 11 is 0. The normalized spacial score (nSPS) is 22.8. The van der Waals surface area contributed by atoms with E-state index in [0.717, 1.165) is 39.3 Å². The topological polar surface area (TPSA) is 26.8 Å². The van der Waals surface area contributed by atoms with Crippen molar-refractivity contribution in [3.63, 3.8) is 0 Å². The molecule has 3 aliphatic rings. The summed E-state index contributed by atoms with van der Waals surface area (Å²) in [6, 6.07) is 12.5. The zero-order valence-corrected chi connectivity index (χ0v) is 16.3. The fourth-order valence-electron chi connectivity index (χ4n) is 3.76. The largest absolute Gasteiger partial charge is 2.00 e. The van der Waals surface area contributed by atoms with Gasteiger partial charge in [-0.15, -0.1) is 0 Å². The zero-order valence-electron chi connectivity index (χ0n) is 14.4. The summed E-state index contributed by atoms with van der Waals surface area (Å²) in [5.41, 5.74) is 0. The number of hydrogen-bond donors (Lipinski definition) is 0. The molecule has 0 unspecified atom stereocenters. The number of nitrogens with zero attached hydrogens (tertiary/aromatic N) is 3. The van der Waals surface area contributed by atoms with Crippen LogP contribution in [0.3, 0.4) is 0 Å². The predicted molar refractivity (Wildman–Crippen MR) is 95.3 cm³/mol. The molecule has 6 heteroatoms. The molecule has 3 saturated heterocycles. The van der Waals surface area contributed by atoms with Crippen molar-refractivity contribution < 1.29 is 21.1 Å². The van der Waals surface area contributed by atoms with Crippen molar-refractivity contribution in [3.8, 4) is 0 Å². The van der Waals surface area contributed by atoms with Crippen molar-refractivity contribution in [3.05, 3.63) is 36.4 Å². The van der Waals surface area contributed by atoms with Crippen LogP contribution in [-0.2, 0) is 21.1 Å². The Labute approximate surface area is 157 Å².